The highest BCUT2D eigenvalue weighted by Gasteiger charge is 2.21. The molecule has 0 amide bonds. The zero-order valence-corrected chi connectivity index (χ0v) is 8.33. The van der Waals surface area contributed by atoms with Gasteiger partial charge in [-0.15, -0.1) is 0 Å². The molecule has 0 bridgehead atoms. The van der Waals surface area contributed by atoms with Gasteiger partial charge in [0.1, 0.15) is 5.84 Å². The number of aliphatic imine (C=N–C) groups is 1. The van der Waals surface area contributed by atoms with Crippen LogP contribution in [-0.4, -0.2) is 11.9 Å². The molecule has 0 saturated heterocycles. The molecule has 3 nitrogen and oxygen atoms in total. The molecule has 0 unspecified atom stereocenters. The largest absolute Gasteiger partial charge is 0.308 e. The molecular weight excluding hydrogens is 174 g/mol. The van der Waals surface area contributed by atoms with Crippen LogP contribution < -0.4 is 11.3 Å². The smallest absolute Gasteiger partial charge is 0.142 e. The first-order chi connectivity index (χ1) is 6.79. The number of nitrogens with zero attached hydrogens (tertiary/aromatic N) is 1. The maximum atomic E-state index is 5.45. The highest BCUT2D eigenvalue weighted by molar-refractivity contribution is 5.98. The van der Waals surface area contributed by atoms with Crippen LogP contribution in [0, 0.1) is 6.92 Å². The average Bonchev–Trinajstić information content (AvgIpc) is 2.98. The van der Waals surface area contributed by atoms with E-state index in [4.69, 9.17) is 5.84 Å². The number of aryl methyl sites for hydroxylation is 1. The third-order valence-electron chi connectivity index (χ3n) is 2.29. The van der Waals surface area contributed by atoms with Crippen molar-refractivity contribution in [3.05, 3.63) is 35.4 Å². The van der Waals surface area contributed by atoms with Crippen LogP contribution in [0.4, 0.5) is 0 Å². The number of benzene rings is 1. The number of hydrogen-bond acceptors (Lipinski definition) is 2. The minimum absolute atomic E-state index is 0.488. The molecule has 1 aromatic rings. The van der Waals surface area contributed by atoms with Crippen molar-refractivity contribution in [2.75, 3.05) is 0 Å². The number of nitrogens with one attached hydrogen (secondary N) is 1. The number of hydrogen-bond donors (Lipinski definition) is 2. The highest BCUT2D eigenvalue weighted by Crippen LogP contribution is 2.24. The number of hydrazine groups is 1. The Morgan fingerprint density at radius 2 is 2.29 bits per heavy atom. The van der Waals surface area contributed by atoms with Crippen LogP contribution in [0.3, 0.4) is 0 Å². The van der Waals surface area contributed by atoms with E-state index in [0.29, 0.717) is 6.04 Å². The second-order valence-corrected chi connectivity index (χ2v) is 3.72. The minimum Gasteiger partial charge on any atom is -0.308 e. The fraction of sp³-hybridized carbons (Fsp3) is 0.364. The standard InChI is InChI=1S/C11H15N3/c1-8-3-2-4-9(7-8)11(14-12)13-10-5-6-10/h2-4,7,10H,5-6,12H2,1H3,(H,13,14). The Labute approximate surface area is 84.0 Å². The predicted molar refractivity (Wildman–Crippen MR) is 58.1 cm³/mol. The normalized spacial score (nSPS) is 16.9. The van der Waals surface area contributed by atoms with E-state index in [9.17, 15) is 0 Å². The van der Waals surface area contributed by atoms with Crippen molar-refractivity contribution < 1.29 is 0 Å². The van der Waals surface area contributed by atoms with Crippen LogP contribution in [0.25, 0.3) is 0 Å². The molecular formula is C11H15N3. The van der Waals surface area contributed by atoms with Crippen molar-refractivity contribution in [3.63, 3.8) is 0 Å². The van der Waals surface area contributed by atoms with Crippen LogP contribution in [0.5, 0.6) is 0 Å². The van der Waals surface area contributed by atoms with Gasteiger partial charge >= 0.3 is 0 Å². The lowest BCUT2D eigenvalue weighted by Crippen LogP contribution is -2.31. The molecule has 0 atom stereocenters. The number of nitrogens with two attached hydrogens (primary N) is 1. The Hall–Kier alpha value is -1.35. The first-order valence-corrected chi connectivity index (χ1v) is 4.91. The lowest BCUT2D eigenvalue weighted by molar-refractivity contribution is 0.971. The molecule has 74 valence electrons. The van der Waals surface area contributed by atoms with Gasteiger partial charge in [0.2, 0.25) is 0 Å². The van der Waals surface area contributed by atoms with E-state index in [2.05, 4.69) is 29.5 Å². The molecule has 0 spiro atoms. The number of amidine groups is 1. The average molecular weight is 189 g/mol. The van der Waals surface area contributed by atoms with Crippen LogP contribution in [0.15, 0.2) is 29.3 Å². The molecule has 1 aromatic carbocycles. The zero-order chi connectivity index (χ0) is 9.97. The van der Waals surface area contributed by atoms with Crippen molar-refractivity contribution >= 4 is 5.84 Å². The van der Waals surface area contributed by atoms with Crippen molar-refractivity contribution in [2.24, 2.45) is 10.8 Å². The van der Waals surface area contributed by atoms with Crippen molar-refractivity contribution in [3.8, 4) is 0 Å². The second kappa shape index (κ2) is 3.80. The zero-order valence-electron chi connectivity index (χ0n) is 8.33. The first-order valence-electron chi connectivity index (χ1n) is 4.91. The summed E-state index contributed by atoms with van der Waals surface area (Å²) in [5.41, 5.74) is 4.96. The topological polar surface area (TPSA) is 50.4 Å². The fourth-order valence-electron chi connectivity index (χ4n) is 1.37. The summed E-state index contributed by atoms with van der Waals surface area (Å²) in [5.74, 6) is 6.25. The molecule has 14 heavy (non-hydrogen) atoms. The van der Waals surface area contributed by atoms with Crippen molar-refractivity contribution in [1.82, 2.24) is 5.43 Å². The highest BCUT2D eigenvalue weighted by atomic mass is 15.3. The summed E-state index contributed by atoms with van der Waals surface area (Å²) < 4.78 is 0. The van der Waals surface area contributed by atoms with Gasteiger partial charge < -0.3 is 5.43 Å². The minimum atomic E-state index is 0.488. The maximum absolute atomic E-state index is 5.45. The molecule has 1 saturated carbocycles. The molecule has 0 radical (unpaired) electrons. The van der Waals surface area contributed by atoms with E-state index in [-0.39, 0.29) is 0 Å². The first kappa shape index (κ1) is 9.21. The summed E-state index contributed by atoms with van der Waals surface area (Å²) in [6.07, 6.45) is 2.38. The van der Waals surface area contributed by atoms with E-state index in [0.717, 1.165) is 11.4 Å². The quantitative estimate of drug-likeness (QED) is 0.319. The van der Waals surface area contributed by atoms with E-state index < -0.39 is 0 Å². The molecule has 1 aliphatic carbocycles. The Kier molecular flexibility index (Phi) is 2.50. The van der Waals surface area contributed by atoms with E-state index in [1.54, 1.807) is 0 Å². The Bertz CT molecular complexity index is 353. The summed E-state index contributed by atoms with van der Waals surface area (Å²) in [4.78, 5) is 4.50. The van der Waals surface area contributed by atoms with Gasteiger partial charge in [-0.2, -0.15) is 0 Å². The Balaban J connectivity index is 2.26. The monoisotopic (exact) mass is 189 g/mol. The maximum Gasteiger partial charge on any atom is 0.142 e. The third kappa shape index (κ3) is 2.12. The molecule has 1 aliphatic rings. The molecule has 1 fully saturated rings. The van der Waals surface area contributed by atoms with Gasteiger partial charge in [0.05, 0.1) is 6.04 Å². The van der Waals surface area contributed by atoms with E-state index in [1.165, 1.54) is 18.4 Å². The molecule has 0 aromatic heterocycles. The molecule has 2 rings (SSSR count). The third-order valence-corrected chi connectivity index (χ3v) is 2.29. The van der Waals surface area contributed by atoms with E-state index >= 15 is 0 Å². The van der Waals surface area contributed by atoms with Crippen LogP contribution in [-0.2, 0) is 0 Å². The lowest BCUT2D eigenvalue weighted by atomic mass is 10.1. The van der Waals surface area contributed by atoms with Crippen LogP contribution in [0.2, 0.25) is 0 Å². The fourth-order valence-corrected chi connectivity index (χ4v) is 1.37. The predicted octanol–water partition coefficient (Wildman–Crippen LogP) is 1.37. The molecule has 3 N–H and O–H groups in total. The Morgan fingerprint density at radius 1 is 1.50 bits per heavy atom. The Morgan fingerprint density at radius 3 is 2.86 bits per heavy atom. The van der Waals surface area contributed by atoms with Gasteiger partial charge in [-0.3, -0.25) is 4.99 Å². The summed E-state index contributed by atoms with van der Waals surface area (Å²) in [7, 11) is 0. The van der Waals surface area contributed by atoms with Crippen molar-refractivity contribution in [1.29, 1.82) is 0 Å². The SMILES string of the molecule is Cc1cccc(C(=NC2CC2)NN)c1. The van der Waals surface area contributed by atoms with Gasteiger partial charge in [0.15, 0.2) is 0 Å². The molecule has 0 aliphatic heterocycles. The molecule has 3 heteroatoms. The van der Waals surface area contributed by atoms with Crippen LogP contribution >= 0.6 is 0 Å². The van der Waals surface area contributed by atoms with Gasteiger partial charge in [-0.05, 0) is 25.8 Å². The molecule has 0 heterocycles. The van der Waals surface area contributed by atoms with Gasteiger partial charge in [-0.25, -0.2) is 5.84 Å². The summed E-state index contributed by atoms with van der Waals surface area (Å²) >= 11 is 0. The second-order valence-electron chi connectivity index (χ2n) is 3.72. The number of rotatable bonds is 2. The van der Waals surface area contributed by atoms with Gasteiger partial charge in [-0.1, -0.05) is 23.8 Å². The lowest BCUT2D eigenvalue weighted by Gasteiger charge is -2.06. The van der Waals surface area contributed by atoms with E-state index in [1.807, 2.05) is 12.1 Å². The van der Waals surface area contributed by atoms with Crippen molar-refractivity contribution in [2.45, 2.75) is 25.8 Å². The van der Waals surface area contributed by atoms with Crippen LogP contribution in [0.1, 0.15) is 24.0 Å². The van der Waals surface area contributed by atoms with Gasteiger partial charge in [0.25, 0.3) is 0 Å². The summed E-state index contributed by atoms with van der Waals surface area (Å²) in [6, 6.07) is 8.68. The van der Waals surface area contributed by atoms with Gasteiger partial charge in [0, 0.05) is 5.56 Å². The summed E-state index contributed by atoms with van der Waals surface area (Å²) in [5, 5.41) is 0. The summed E-state index contributed by atoms with van der Waals surface area (Å²) in [6.45, 7) is 2.06.